The number of carbonyl (C=O) groups is 1. The zero-order valence-corrected chi connectivity index (χ0v) is 13.7. The molecule has 3 nitrogen and oxygen atoms in total. The molecule has 1 aromatic heterocycles. The van der Waals surface area contributed by atoms with Crippen LogP contribution in [0.5, 0.6) is 0 Å². The summed E-state index contributed by atoms with van der Waals surface area (Å²) in [6.45, 7) is 12.1. The van der Waals surface area contributed by atoms with Gasteiger partial charge in [0.2, 0.25) is 8.32 Å². The van der Waals surface area contributed by atoms with Crippen molar-refractivity contribution in [3.8, 4) is 0 Å². The van der Waals surface area contributed by atoms with Crippen molar-refractivity contribution in [2.24, 2.45) is 0 Å². The molecule has 0 aliphatic carbocycles. The van der Waals surface area contributed by atoms with E-state index in [0.717, 1.165) is 4.88 Å². The lowest BCUT2D eigenvalue weighted by molar-refractivity contribution is -0.138. The van der Waals surface area contributed by atoms with E-state index in [9.17, 15) is 4.79 Å². The molecule has 1 heterocycles. The van der Waals surface area contributed by atoms with Crippen LogP contribution >= 0.6 is 11.3 Å². The highest BCUT2D eigenvalue weighted by Gasteiger charge is 2.22. The molecular formula is C14H20O3SSi. The van der Waals surface area contributed by atoms with E-state index in [1.165, 1.54) is 0 Å². The van der Waals surface area contributed by atoms with E-state index in [2.05, 4.69) is 6.58 Å². The molecule has 0 amide bonds. The van der Waals surface area contributed by atoms with Crippen LogP contribution in [0.25, 0.3) is 6.08 Å². The molecule has 1 rings (SSSR count). The summed E-state index contributed by atoms with van der Waals surface area (Å²) >= 11 is 1.55. The molecule has 0 aromatic carbocycles. The number of ether oxygens (including phenoxy) is 1. The van der Waals surface area contributed by atoms with Crippen LogP contribution in [0.15, 0.2) is 35.4 Å². The van der Waals surface area contributed by atoms with E-state index in [4.69, 9.17) is 9.16 Å². The first-order chi connectivity index (χ1) is 8.83. The predicted octanol–water partition coefficient (Wildman–Crippen LogP) is 4.06. The van der Waals surface area contributed by atoms with Gasteiger partial charge in [0.25, 0.3) is 0 Å². The third-order valence-electron chi connectivity index (χ3n) is 2.05. The molecule has 0 saturated heterocycles. The first kappa shape index (κ1) is 15.7. The van der Waals surface area contributed by atoms with E-state index >= 15 is 0 Å². The zero-order chi connectivity index (χ0) is 14.5. The summed E-state index contributed by atoms with van der Waals surface area (Å²) in [5.41, 5.74) is 0.395. The lowest BCUT2D eigenvalue weighted by atomic mass is 10.2. The topological polar surface area (TPSA) is 35.5 Å². The van der Waals surface area contributed by atoms with Crippen LogP contribution in [0.4, 0.5) is 0 Å². The van der Waals surface area contributed by atoms with Crippen molar-refractivity contribution in [2.75, 3.05) is 6.61 Å². The van der Waals surface area contributed by atoms with Crippen molar-refractivity contribution in [2.45, 2.75) is 26.6 Å². The standard InChI is InChI=1S/C14H20O3SSi/c1-6-16-14(15)13(10-12-8-7-9-18-12)11(2)17-19(3,4)5/h7-10H,2,6H2,1,3-5H3/b13-10-. The third-order valence-corrected chi connectivity index (χ3v) is 3.73. The fourth-order valence-electron chi connectivity index (χ4n) is 1.40. The molecule has 0 N–H and O–H groups in total. The SMILES string of the molecule is C=C(O[Si](C)(C)C)/C(=C/c1cccs1)C(=O)OCC. The highest BCUT2D eigenvalue weighted by Crippen LogP contribution is 2.22. The molecule has 0 aliphatic heterocycles. The predicted molar refractivity (Wildman–Crippen MR) is 82.5 cm³/mol. The van der Waals surface area contributed by atoms with Crippen molar-refractivity contribution in [3.63, 3.8) is 0 Å². The Kier molecular flexibility index (Phi) is 5.56. The molecule has 5 heteroatoms. The minimum absolute atomic E-state index is 0.334. The second kappa shape index (κ2) is 6.72. The molecule has 19 heavy (non-hydrogen) atoms. The Morgan fingerprint density at radius 1 is 1.47 bits per heavy atom. The van der Waals surface area contributed by atoms with Gasteiger partial charge in [-0.2, -0.15) is 0 Å². The molecule has 104 valence electrons. The average molecular weight is 296 g/mol. The molecule has 0 aliphatic rings. The van der Waals surface area contributed by atoms with Gasteiger partial charge >= 0.3 is 5.97 Å². The molecule has 0 spiro atoms. The summed E-state index contributed by atoms with van der Waals surface area (Å²) < 4.78 is 10.9. The fraction of sp³-hybridized carbons (Fsp3) is 0.357. The molecule has 0 unspecified atom stereocenters. The van der Waals surface area contributed by atoms with Crippen LogP contribution in [-0.2, 0) is 14.0 Å². The quantitative estimate of drug-likeness (QED) is 0.261. The van der Waals surface area contributed by atoms with Gasteiger partial charge in [-0.25, -0.2) is 4.79 Å². The maximum atomic E-state index is 12.0. The van der Waals surface area contributed by atoms with Crippen LogP contribution in [0.3, 0.4) is 0 Å². The zero-order valence-electron chi connectivity index (χ0n) is 11.9. The lowest BCUT2D eigenvalue weighted by Gasteiger charge is -2.21. The highest BCUT2D eigenvalue weighted by atomic mass is 32.1. The van der Waals surface area contributed by atoms with Gasteiger partial charge < -0.3 is 9.16 Å². The Morgan fingerprint density at radius 2 is 2.16 bits per heavy atom. The second-order valence-electron chi connectivity index (χ2n) is 4.93. The van der Waals surface area contributed by atoms with Crippen LogP contribution in [-0.4, -0.2) is 20.9 Å². The molecule has 0 fully saturated rings. The molecule has 1 aromatic rings. The van der Waals surface area contributed by atoms with Gasteiger partial charge in [0.1, 0.15) is 11.3 Å². The van der Waals surface area contributed by atoms with E-state index < -0.39 is 8.32 Å². The van der Waals surface area contributed by atoms with Crippen molar-refractivity contribution in [1.29, 1.82) is 0 Å². The molecule has 0 atom stereocenters. The van der Waals surface area contributed by atoms with E-state index in [-0.39, 0.29) is 5.97 Å². The van der Waals surface area contributed by atoms with Crippen LogP contribution in [0.1, 0.15) is 11.8 Å². The Bertz CT molecular complexity index is 469. The maximum Gasteiger partial charge on any atom is 0.341 e. The highest BCUT2D eigenvalue weighted by molar-refractivity contribution is 7.10. The summed E-state index contributed by atoms with van der Waals surface area (Å²) in [6.07, 6.45) is 1.77. The summed E-state index contributed by atoms with van der Waals surface area (Å²) in [4.78, 5) is 13.0. The second-order valence-corrected chi connectivity index (χ2v) is 10.3. The Labute approximate surface area is 119 Å². The van der Waals surface area contributed by atoms with Gasteiger partial charge in [-0.15, -0.1) is 11.3 Å². The van der Waals surface area contributed by atoms with Crippen molar-refractivity contribution in [3.05, 3.63) is 40.3 Å². The molecular weight excluding hydrogens is 276 g/mol. The third kappa shape index (κ3) is 5.44. The molecule has 0 saturated carbocycles. The van der Waals surface area contributed by atoms with Crippen molar-refractivity contribution in [1.82, 2.24) is 0 Å². The number of hydrogen-bond acceptors (Lipinski definition) is 4. The largest absolute Gasteiger partial charge is 0.544 e. The molecule has 0 bridgehead atoms. The normalized spacial score (nSPS) is 12.1. The Hall–Kier alpha value is -1.33. The number of thiophene rings is 1. The van der Waals surface area contributed by atoms with Crippen LogP contribution < -0.4 is 0 Å². The van der Waals surface area contributed by atoms with Crippen LogP contribution in [0.2, 0.25) is 19.6 Å². The first-order valence-electron chi connectivity index (χ1n) is 6.14. The van der Waals surface area contributed by atoms with Gasteiger partial charge in [0.05, 0.1) is 6.61 Å². The van der Waals surface area contributed by atoms with Crippen molar-refractivity contribution >= 4 is 31.7 Å². The summed E-state index contributed by atoms with van der Waals surface area (Å²) in [5.74, 6) is 0.00478. The van der Waals surface area contributed by atoms with Gasteiger partial charge in [-0.1, -0.05) is 12.6 Å². The van der Waals surface area contributed by atoms with Crippen LogP contribution in [0, 0.1) is 0 Å². The lowest BCUT2D eigenvalue weighted by Crippen LogP contribution is -2.26. The van der Waals surface area contributed by atoms with E-state index in [1.807, 2.05) is 37.2 Å². The Morgan fingerprint density at radius 3 is 2.63 bits per heavy atom. The molecule has 0 radical (unpaired) electrons. The van der Waals surface area contributed by atoms with Gasteiger partial charge in [0.15, 0.2) is 0 Å². The smallest absolute Gasteiger partial charge is 0.341 e. The van der Waals surface area contributed by atoms with Gasteiger partial charge in [-0.3, -0.25) is 0 Å². The first-order valence-corrected chi connectivity index (χ1v) is 10.4. The minimum atomic E-state index is -1.80. The summed E-state index contributed by atoms with van der Waals surface area (Å²) in [6, 6.07) is 3.87. The van der Waals surface area contributed by atoms with E-state index in [1.54, 1.807) is 24.3 Å². The summed E-state index contributed by atoms with van der Waals surface area (Å²) in [7, 11) is -1.80. The summed E-state index contributed by atoms with van der Waals surface area (Å²) in [5, 5.41) is 1.96. The van der Waals surface area contributed by atoms with Gasteiger partial charge in [-0.05, 0) is 44.1 Å². The minimum Gasteiger partial charge on any atom is -0.544 e. The number of carbonyl (C=O) groups excluding carboxylic acids is 1. The number of rotatable bonds is 6. The van der Waals surface area contributed by atoms with Gasteiger partial charge in [0, 0.05) is 4.88 Å². The fourth-order valence-corrected chi connectivity index (χ4v) is 2.91. The monoisotopic (exact) mass is 296 g/mol. The number of hydrogen-bond donors (Lipinski definition) is 0. The maximum absolute atomic E-state index is 12.0. The van der Waals surface area contributed by atoms with Crippen molar-refractivity contribution < 1.29 is 14.0 Å². The van der Waals surface area contributed by atoms with E-state index in [0.29, 0.717) is 17.9 Å². The Balaban J connectivity index is 2.99. The average Bonchev–Trinajstić information content (AvgIpc) is 2.76. The number of esters is 1.